The molecule has 330 valence electrons. The molecule has 3 heterocycles. The zero-order chi connectivity index (χ0) is 44.7. The number of benzene rings is 1. The number of methoxy groups -OCH3 is 1. The highest BCUT2D eigenvalue weighted by Crippen LogP contribution is 2.45. The maximum absolute atomic E-state index is 15.1. The largest absolute Gasteiger partial charge is 0.508 e. The minimum Gasteiger partial charge on any atom is -0.508 e. The molecule has 7 unspecified atom stereocenters. The number of aromatic nitrogens is 2. The molecule has 2 aliphatic carbocycles. The first-order chi connectivity index (χ1) is 29.7. The summed E-state index contributed by atoms with van der Waals surface area (Å²) in [6, 6.07) is 6.91. The third-order valence-electron chi connectivity index (χ3n) is 11.0. The summed E-state index contributed by atoms with van der Waals surface area (Å²) in [5.41, 5.74) is 1.47. The minimum atomic E-state index is -1.68. The van der Waals surface area contributed by atoms with Gasteiger partial charge in [-0.1, -0.05) is 54.8 Å². The Bertz CT molecular complexity index is 2440. The van der Waals surface area contributed by atoms with Crippen molar-refractivity contribution in [1.29, 1.82) is 0 Å². The number of unbranched alkanes of at least 4 members (excludes halogenated alkanes) is 1. The molecule has 0 bridgehead atoms. The van der Waals surface area contributed by atoms with Crippen LogP contribution in [0.2, 0.25) is 0 Å². The number of aromatic hydroxyl groups is 1. The lowest BCUT2D eigenvalue weighted by Crippen LogP contribution is -2.68. The second-order valence-corrected chi connectivity index (χ2v) is 19.7. The molecule has 3 aliphatic rings. The summed E-state index contributed by atoms with van der Waals surface area (Å²) < 4.78 is 23.2. The van der Waals surface area contributed by atoms with Crippen LogP contribution in [0.25, 0.3) is 21.8 Å². The van der Waals surface area contributed by atoms with E-state index in [1.807, 2.05) is 6.26 Å². The molecule has 14 nitrogen and oxygen atoms in total. The summed E-state index contributed by atoms with van der Waals surface area (Å²) in [4.78, 5) is 49.4. The number of nitrogens with zero attached hydrogens (tertiary/aromatic N) is 1. The zero-order valence-electron chi connectivity index (χ0n) is 35.4. The highest BCUT2D eigenvalue weighted by Gasteiger charge is 2.60. The van der Waals surface area contributed by atoms with E-state index in [9.17, 15) is 24.9 Å². The number of thioether (sulfide) groups is 1. The molecule has 0 saturated carbocycles. The van der Waals surface area contributed by atoms with Crippen molar-refractivity contribution in [3.8, 4) is 29.4 Å². The third kappa shape index (κ3) is 10.0. The average molecular weight is 905 g/mol. The van der Waals surface area contributed by atoms with E-state index in [2.05, 4.69) is 58.1 Å². The topological polar surface area (TPSA) is 202 Å². The number of hydrogen-bond donors (Lipinski definition) is 6. The van der Waals surface area contributed by atoms with Crippen LogP contribution < -0.4 is 10.6 Å². The van der Waals surface area contributed by atoms with Gasteiger partial charge in [-0.05, 0) is 80.8 Å². The number of rotatable bonds is 15. The van der Waals surface area contributed by atoms with Crippen LogP contribution in [-0.2, 0) is 44.4 Å². The van der Waals surface area contributed by atoms with E-state index in [-0.39, 0.29) is 35.7 Å². The Hall–Kier alpha value is -4.40. The van der Waals surface area contributed by atoms with Crippen molar-refractivity contribution in [2.24, 2.45) is 5.92 Å². The Morgan fingerprint density at radius 1 is 1.19 bits per heavy atom. The first-order valence-electron chi connectivity index (χ1n) is 20.2. The van der Waals surface area contributed by atoms with E-state index in [0.29, 0.717) is 45.6 Å². The monoisotopic (exact) mass is 904 g/mol. The summed E-state index contributed by atoms with van der Waals surface area (Å²) >= 11 is 6.62. The fraction of sp³-hybridized carbons (Fsp3) is 0.467. The number of aliphatic hydroxyl groups excluding tert-OH is 2. The van der Waals surface area contributed by atoms with Gasteiger partial charge in [-0.15, -0.1) is 21.2 Å². The number of allylic oxidation sites excluding steroid dienone is 3. The fourth-order valence-corrected chi connectivity index (χ4v) is 9.65. The van der Waals surface area contributed by atoms with Crippen molar-refractivity contribution in [3.05, 3.63) is 71.2 Å². The second kappa shape index (κ2) is 20.9. The van der Waals surface area contributed by atoms with E-state index in [1.165, 1.54) is 18.3 Å². The number of carbonyl (C=O) groups excluding carboxylic acids is 3. The van der Waals surface area contributed by atoms with Crippen LogP contribution >= 0.6 is 11.8 Å². The van der Waals surface area contributed by atoms with Gasteiger partial charge >= 0.3 is 6.09 Å². The Labute approximate surface area is 372 Å². The number of alkyl carbamates (subject to hydrolysis) is 1. The van der Waals surface area contributed by atoms with Crippen molar-refractivity contribution in [1.82, 2.24) is 20.6 Å². The number of ketones is 2. The maximum atomic E-state index is 15.1. The lowest BCUT2D eigenvalue weighted by Gasteiger charge is -2.50. The summed E-state index contributed by atoms with van der Waals surface area (Å²) in [6.45, 7) is 6.68. The van der Waals surface area contributed by atoms with Crippen molar-refractivity contribution in [2.45, 2.75) is 87.6 Å². The first-order valence-corrected chi connectivity index (χ1v) is 24.2. The molecular formula is C45H52N4O10S3. The van der Waals surface area contributed by atoms with Crippen molar-refractivity contribution in [2.75, 3.05) is 38.5 Å². The van der Waals surface area contributed by atoms with Gasteiger partial charge in [0.1, 0.15) is 34.5 Å². The van der Waals surface area contributed by atoms with Gasteiger partial charge in [-0.25, -0.2) is 4.79 Å². The number of H-pyrrole nitrogens is 1. The molecular weight excluding hydrogens is 853 g/mol. The number of fused-ring (bicyclic) bond motifs is 4. The SMILES string of the molecule is COC(=O)NC1=C2C#C/C=C\C#C[C@H](OC3OC(C)C(SC)(C(=O)c4nccc5c4[nH]c4ccc(O)cc45)C(O)C3OCCCCNC(C)C)C2/C(=C\CS(C)=S)[C@@H](O)CC1=O. The van der Waals surface area contributed by atoms with E-state index in [1.54, 1.807) is 43.5 Å². The molecule has 1 saturated heterocycles. The number of phenolic OH excluding ortho intramolecular Hbond substituents is 1. The molecule has 0 spiro atoms. The summed E-state index contributed by atoms with van der Waals surface area (Å²) in [6.07, 6.45) is 2.10. The molecule has 17 heteroatoms. The van der Waals surface area contributed by atoms with Crippen LogP contribution in [0, 0.1) is 29.6 Å². The van der Waals surface area contributed by atoms with Crippen LogP contribution in [0.15, 0.2) is 65.5 Å². The van der Waals surface area contributed by atoms with Gasteiger partial charge in [0.25, 0.3) is 0 Å². The smallest absolute Gasteiger partial charge is 0.411 e. The highest BCUT2D eigenvalue weighted by atomic mass is 32.8. The molecule has 3 aromatic rings. The summed E-state index contributed by atoms with van der Waals surface area (Å²) in [5.74, 6) is 10.2. The van der Waals surface area contributed by atoms with Crippen LogP contribution in [0.5, 0.6) is 5.75 Å². The molecule has 2 aromatic heterocycles. The van der Waals surface area contributed by atoms with E-state index in [0.717, 1.165) is 31.8 Å². The lowest BCUT2D eigenvalue weighted by molar-refractivity contribution is -0.288. The second-order valence-electron chi connectivity index (χ2n) is 15.4. The lowest BCUT2D eigenvalue weighted by atomic mass is 9.82. The van der Waals surface area contributed by atoms with Gasteiger partial charge in [0.15, 0.2) is 12.1 Å². The van der Waals surface area contributed by atoms with Crippen molar-refractivity contribution in [3.63, 3.8) is 0 Å². The maximum Gasteiger partial charge on any atom is 0.411 e. The predicted molar refractivity (Wildman–Crippen MR) is 243 cm³/mol. The number of aromatic amines is 1. The normalized spacial score (nSPS) is 27.9. The molecule has 6 rings (SSSR count). The Morgan fingerprint density at radius 3 is 2.69 bits per heavy atom. The molecule has 62 heavy (non-hydrogen) atoms. The average Bonchev–Trinajstić information content (AvgIpc) is 3.61. The Morgan fingerprint density at radius 2 is 1.97 bits per heavy atom. The summed E-state index contributed by atoms with van der Waals surface area (Å²) in [5, 5.41) is 41.9. The molecule has 0 radical (unpaired) electrons. The van der Waals surface area contributed by atoms with Crippen molar-refractivity contribution >= 4 is 71.9 Å². The highest BCUT2D eigenvalue weighted by molar-refractivity contribution is 8.28. The van der Waals surface area contributed by atoms with Crippen LogP contribution in [0.1, 0.15) is 50.5 Å². The van der Waals surface area contributed by atoms with Gasteiger partial charge in [0.05, 0.1) is 36.4 Å². The van der Waals surface area contributed by atoms with E-state index >= 15 is 4.79 Å². The van der Waals surface area contributed by atoms with E-state index in [4.69, 9.17) is 30.1 Å². The number of amides is 1. The summed E-state index contributed by atoms with van der Waals surface area (Å²) in [7, 11) is 0.631. The van der Waals surface area contributed by atoms with Gasteiger partial charge in [0.2, 0.25) is 5.78 Å². The molecule has 1 amide bonds. The number of aliphatic hydroxyl groups is 2. The van der Waals surface area contributed by atoms with Crippen LogP contribution in [0.3, 0.4) is 0 Å². The molecule has 9 atom stereocenters. The predicted octanol–water partition coefficient (Wildman–Crippen LogP) is 4.13. The van der Waals surface area contributed by atoms with Gasteiger partial charge in [-0.3, -0.25) is 19.9 Å². The molecule has 1 aromatic carbocycles. The van der Waals surface area contributed by atoms with E-state index < -0.39 is 74.6 Å². The van der Waals surface area contributed by atoms with Crippen LogP contribution in [-0.4, -0.2) is 129 Å². The number of Topliss-reactive ketones (excluding diaryl/α,β-unsaturated/α-hetero) is 2. The number of nitrogens with one attached hydrogen (secondary N) is 3. The van der Waals surface area contributed by atoms with Crippen molar-refractivity contribution < 1.29 is 48.7 Å². The third-order valence-corrected chi connectivity index (χ3v) is 13.5. The molecule has 1 aliphatic heterocycles. The first kappa shape index (κ1) is 47.1. The zero-order valence-corrected chi connectivity index (χ0v) is 37.8. The number of carbonyl (C=O) groups is 3. The molecule has 6 N–H and O–H groups in total. The Balaban J connectivity index is 1.45. The van der Waals surface area contributed by atoms with Gasteiger partial charge in [0, 0.05) is 52.9 Å². The number of ether oxygens (including phenoxy) is 4. The van der Waals surface area contributed by atoms with Gasteiger partial charge in [-0.2, -0.15) is 0 Å². The number of pyridine rings is 1. The van der Waals surface area contributed by atoms with Crippen LogP contribution in [0.4, 0.5) is 4.79 Å². The minimum absolute atomic E-state index is 0.0635. The quantitative estimate of drug-likeness (QED) is 0.0551. The fourth-order valence-electron chi connectivity index (χ4n) is 7.98. The van der Waals surface area contributed by atoms with Gasteiger partial charge < -0.3 is 44.6 Å². The Kier molecular flexibility index (Phi) is 15.8. The number of hydrogen-bond acceptors (Lipinski definition) is 14. The standard InChI is InChI=1S/C45H52N4O10S3/c1-25(2)46-19-11-12-21-57-40-42(54)45(61-5,41(53)39-38-28(17-20-47-39)31-23-27(50)15-16-32(31)48-38)26(3)58-43(40)59-35-14-10-8-7-9-13-30-36(35)29(18-22-62(6)60)33(51)24-34(52)37(30)49-44(55)56-4/h7-8,15-18,20,23,25-26,33,35-36,40,42-43,46,48,50-51,54H,11-12,19,21-22,24H2,1-6H3,(H,49,55)/b8-7-,29-18-/t26?,33-,35-,36?,40?,42?,43?,45?,62?/m0/s1. The molecule has 1 fully saturated rings. The number of phenols is 1.